The summed E-state index contributed by atoms with van der Waals surface area (Å²) < 4.78 is 11.1. The Balaban J connectivity index is 3.47. The zero-order valence-corrected chi connectivity index (χ0v) is 27.3. The van der Waals surface area contributed by atoms with E-state index in [2.05, 4.69) is 50.3 Å². The van der Waals surface area contributed by atoms with E-state index in [9.17, 15) is 9.90 Å². The second-order valence-corrected chi connectivity index (χ2v) is 11.6. The molecule has 0 bridgehead atoms. The normalized spacial score (nSPS) is 12.8. The van der Waals surface area contributed by atoms with Gasteiger partial charge in [0.25, 0.3) is 0 Å². The molecule has 0 rings (SSSR count). The van der Waals surface area contributed by atoms with Crippen LogP contribution < -0.4 is 0 Å². The van der Waals surface area contributed by atoms with Gasteiger partial charge in [0, 0.05) is 13.0 Å². The Labute approximate surface area is 255 Å². The molecule has 0 amide bonds. The lowest BCUT2D eigenvalue weighted by molar-refractivity contribution is -0.154. The van der Waals surface area contributed by atoms with Crippen LogP contribution >= 0.6 is 0 Å². The fourth-order valence-corrected chi connectivity index (χ4v) is 4.87. The molecule has 0 aromatic rings. The standard InChI is InChI=1S/C37H68O4/c1-3-5-7-9-11-13-15-17-19-20-22-24-26-28-30-32-37(39)41-36(34-38)35-40-33-31-29-27-25-23-21-18-16-14-12-10-8-6-4-2/h5,7,11,13,17,19,36,38H,3-4,6,8-10,12,14-16,18,20-35H2,1-2H3/b7-5-,13-11-,19-17-/t36-/m1/s1. The van der Waals surface area contributed by atoms with Gasteiger partial charge < -0.3 is 14.6 Å². The van der Waals surface area contributed by atoms with Crippen molar-refractivity contribution < 1.29 is 19.4 Å². The van der Waals surface area contributed by atoms with Gasteiger partial charge in [0.2, 0.25) is 0 Å². The maximum absolute atomic E-state index is 12.1. The van der Waals surface area contributed by atoms with E-state index in [0.717, 1.165) is 51.4 Å². The molecule has 4 heteroatoms. The molecule has 240 valence electrons. The molecule has 0 radical (unpaired) electrons. The first-order valence-electron chi connectivity index (χ1n) is 17.6. The van der Waals surface area contributed by atoms with Crippen LogP contribution in [-0.2, 0) is 14.3 Å². The average molecular weight is 577 g/mol. The van der Waals surface area contributed by atoms with Gasteiger partial charge in [-0.25, -0.2) is 0 Å². The molecular weight excluding hydrogens is 508 g/mol. The number of allylic oxidation sites excluding steroid dienone is 6. The lowest BCUT2D eigenvalue weighted by Crippen LogP contribution is -2.27. The molecule has 0 aromatic carbocycles. The molecule has 0 saturated heterocycles. The van der Waals surface area contributed by atoms with Crippen LogP contribution in [0, 0.1) is 0 Å². The van der Waals surface area contributed by atoms with Gasteiger partial charge in [-0.05, 0) is 44.9 Å². The molecule has 4 nitrogen and oxygen atoms in total. The second-order valence-electron chi connectivity index (χ2n) is 11.6. The smallest absolute Gasteiger partial charge is 0.306 e. The molecule has 0 spiro atoms. The molecule has 0 aliphatic rings. The highest BCUT2D eigenvalue weighted by molar-refractivity contribution is 5.69. The average Bonchev–Trinajstić information content (AvgIpc) is 2.98. The number of carbonyl (C=O) groups excluding carboxylic acids is 1. The molecule has 41 heavy (non-hydrogen) atoms. The number of hydrogen-bond acceptors (Lipinski definition) is 4. The lowest BCUT2D eigenvalue weighted by Gasteiger charge is -2.15. The van der Waals surface area contributed by atoms with Crippen molar-refractivity contribution in [3.8, 4) is 0 Å². The molecule has 1 atom stereocenters. The van der Waals surface area contributed by atoms with Crippen molar-refractivity contribution in [3.63, 3.8) is 0 Å². The van der Waals surface area contributed by atoms with Crippen LogP contribution in [0.2, 0.25) is 0 Å². The van der Waals surface area contributed by atoms with Crippen LogP contribution in [-0.4, -0.2) is 37.0 Å². The van der Waals surface area contributed by atoms with Crippen molar-refractivity contribution in [2.24, 2.45) is 0 Å². The number of unbranched alkanes of at least 4 members (excludes halogenated alkanes) is 18. The SMILES string of the molecule is CC/C=C\C/C=C\C/C=C\CCCCCCCC(=O)O[C@H](CO)COCCCCCCCCCCCCCCCC. The molecule has 0 unspecified atom stereocenters. The van der Waals surface area contributed by atoms with Gasteiger partial charge in [-0.15, -0.1) is 0 Å². The van der Waals surface area contributed by atoms with Crippen LogP contribution in [0.4, 0.5) is 0 Å². The summed E-state index contributed by atoms with van der Waals surface area (Å²) in [4.78, 5) is 12.1. The van der Waals surface area contributed by atoms with Crippen LogP contribution in [0.25, 0.3) is 0 Å². The van der Waals surface area contributed by atoms with E-state index in [1.54, 1.807) is 0 Å². The fraction of sp³-hybridized carbons (Fsp3) is 0.811. The second kappa shape index (κ2) is 34.8. The Hall–Kier alpha value is -1.39. The highest BCUT2D eigenvalue weighted by Gasteiger charge is 2.13. The summed E-state index contributed by atoms with van der Waals surface area (Å²) in [7, 11) is 0. The predicted octanol–water partition coefficient (Wildman–Crippen LogP) is 11.0. The third-order valence-electron chi connectivity index (χ3n) is 7.48. The zero-order valence-electron chi connectivity index (χ0n) is 27.3. The van der Waals surface area contributed by atoms with Crippen LogP contribution in [0.3, 0.4) is 0 Å². The summed E-state index contributed by atoms with van der Waals surface area (Å²) in [6.07, 6.45) is 41.8. The van der Waals surface area contributed by atoms with E-state index in [1.807, 2.05) is 0 Å². The number of ether oxygens (including phenoxy) is 2. The number of hydrogen-bond donors (Lipinski definition) is 1. The van der Waals surface area contributed by atoms with E-state index in [1.165, 1.54) is 96.3 Å². The van der Waals surface area contributed by atoms with Gasteiger partial charge in [0.05, 0.1) is 13.2 Å². The Morgan fingerprint density at radius 1 is 0.610 bits per heavy atom. The van der Waals surface area contributed by atoms with Gasteiger partial charge in [-0.3, -0.25) is 4.79 Å². The molecule has 1 N–H and O–H groups in total. The summed E-state index contributed by atoms with van der Waals surface area (Å²) in [5, 5.41) is 9.54. The monoisotopic (exact) mass is 577 g/mol. The number of aliphatic hydroxyl groups excluding tert-OH is 1. The van der Waals surface area contributed by atoms with E-state index < -0.39 is 6.10 Å². The molecule has 0 fully saturated rings. The number of aliphatic hydroxyl groups is 1. The maximum atomic E-state index is 12.1. The maximum Gasteiger partial charge on any atom is 0.306 e. The van der Waals surface area contributed by atoms with E-state index in [4.69, 9.17) is 9.47 Å². The van der Waals surface area contributed by atoms with Crippen LogP contribution in [0.5, 0.6) is 0 Å². The van der Waals surface area contributed by atoms with Crippen molar-refractivity contribution in [1.82, 2.24) is 0 Å². The Morgan fingerprint density at radius 2 is 1.10 bits per heavy atom. The number of carbonyl (C=O) groups is 1. The Kier molecular flexibility index (Phi) is 33.6. The van der Waals surface area contributed by atoms with Gasteiger partial charge in [-0.2, -0.15) is 0 Å². The zero-order chi connectivity index (χ0) is 29.9. The Morgan fingerprint density at radius 3 is 1.66 bits per heavy atom. The minimum absolute atomic E-state index is 0.177. The fourth-order valence-electron chi connectivity index (χ4n) is 4.87. The van der Waals surface area contributed by atoms with E-state index in [0.29, 0.717) is 19.6 Å². The molecule has 0 heterocycles. The van der Waals surface area contributed by atoms with Crippen molar-refractivity contribution in [2.75, 3.05) is 19.8 Å². The molecule has 0 aromatic heterocycles. The van der Waals surface area contributed by atoms with Gasteiger partial charge >= 0.3 is 5.97 Å². The predicted molar refractivity (Wildman–Crippen MR) is 177 cm³/mol. The van der Waals surface area contributed by atoms with Crippen molar-refractivity contribution >= 4 is 5.97 Å². The van der Waals surface area contributed by atoms with E-state index in [-0.39, 0.29) is 12.6 Å². The van der Waals surface area contributed by atoms with Crippen molar-refractivity contribution in [3.05, 3.63) is 36.5 Å². The van der Waals surface area contributed by atoms with Crippen LogP contribution in [0.15, 0.2) is 36.5 Å². The first-order valence-corrected chi connectivity index (χ1v) is 17.6. The highest BCUT2D eigenvalue weighted by atomic mass is 16.6. The topological polar surface area (TPSA) is 55.8 Å². The molecule has 0 saturated carbocycles. The van der Waals surface area contributed by atoms with E-state index >= 15 is 0 Å². The number of esters is 1. The third kappa shape index (κ3) is 33.0. The summed E-state index contributed by atoms with van der Waals surface area (Å²) in [5.74, 6) is -0.217. The van der Waals surface area contributed by atoms with Gasteiger partial charge in [0.15, 0.2) is 0 Å². The quantitative estimate of drug-likeness (QED) is 0.0491. The van der Waals surface area contributed by atoms with Crippen molar-refractivity contribution in [2.45, 2.75) is 174 Å². The summed E-state index contributed by atoms with van der Waals surface area (Å²) in [5.41, 5.74) is 0. The third-order valence-corrected chi connectivity index (χ3v) is 7.48. The minimum Gasteiger partial charge on any atom is -0.457 e. The largest absolute Gasteiger partial charge is 0.457 e. The van der Waals surface area contributed by atoms with Gasteiger partial charge in [-0.1, -0.05) is 153 Å². The molecule has 0 aliphatic carbocycles. The Bertz CT molecular complexity index is 610. The molecular formula is C37H68O4. The summed E-state index contributed by atoms with van der Waals surface area (Å²) in [6.45, 7) is 5.22. The van der Waals surface area contributed by atoms with Gasteiger partial charge in [0.1, 0.15) is 6.10 Å². The first-order chi connectivity index (χ1) is 20.2. The molecule has 0 aliphatic heterocycles. The highest BCUT2D eigenvalue weighted by Crippen LogP contribution is 2.13. The number of rotatable bonds is 32. The summed E-state index contributed by atoms with van der Waals surface area (Å²) >= 11 is 0. The first kappa shape index (κ1) is 39.6. The van der Waals surface area contributed by atoms with Crippen molar-refractivity contribution in [1.29, 1.82) is 0 Å². The minimum atomic E-state index is -0.538. The lowest BCUT2D eigenvalue weighted by atomic mass is 10.0. The van der Waals surface area contributed by atoms with Crippen LogP contribution in [0.1, 0.15) is 168 Å². The summed E-state index contributed by atoms with van der Waals surface area (Å²) in [6, 6.07) is 0.